The monoisotopic (exact) mass is 396 g/mol. The summed E-state index contributed by atoms with van der Waals surface area (Å²) < 4.78 is 1.48. The van der Waals surface area contributed by atoms with Gasteiger partial charge in [-0.3, -0.25) is 14.3 Å². The lowest BCUT2D eigenvalue weighted by Crippen LogP contribution is -2.26. The van der Waals surface area contributed by atoms with Gasteiger partial charge in [0.25, 0.3) is 5.91 Å². The topological polar surface area (TPSA) is 76.0 Å². The van der Waals surface area contributed by atoms with E-state index in [0.717, 1.165) is 11.1 Å². The first kappa shape index (κ1) is 19.6. The number of benzene rings is 2. The highest BCUT2D eigenvalue weighted by Gasteiger charge is 2.14. The molecule has 7 heteroatoms. The van der Waals surface area contributed by atoms with Crippen molar-refractivity contribution in [2.24, 2.45) is 7.05 Å². The van der Waals surface area contributed by atoms with E-state index in [1.54, 1.807) is 13.1 Å². The summed E-state index contributed by atoms with van der Waals surface area (Å²) in [5.74, 6) is 0.0285. The van der Waals surface area contributed by atoms with Crippen molar-refractivity contribution in [3.05, 3.63) is 82.5 Å². The van der Waals surface area contributed by atoms with Gasteiger partial charge in [-0.1, -0.05) is 54.1 Å². The molecule has 0 aliphatic rings. The Morgan fingerprint density at radius 3 is 2.46 bits per heavy atom. The largest absolute Gasteiger partial charge is 0.350 e. The number of anilines is 1. The Balaban J connectivity index is 1.53. The van der Waals surface area contributed by atoms with Crippen molar-refractivity contribution in [2.45, 2.75) is 12.8 Å². The molecule has 0 saturated heterocycles. The van der Waals surface area contributed by atoms with Crippen LogP contribution in [0.15, 0.2) is 60.7 Å². The molecule has 2 N–H and O–H groups in total. The molecule has 0 radical (unpaired) electrons. The summed E-state index contributed by atoms with van der Waals surface area (Å²) in [5, 5.41) is 10.5. The van der Waals surface area contributed by atoms with Crippen molar-refractivity contribution in [1.82, 2.24) is 15.1 Å². The molecule has 28 heavy (non-hydrogen) atoms. The molecule has 2 amide bonds. The van der Waals surface area contributed by atoms with Crippen LogP contribution in [0.2, 0.25) is 5.02 Å². The van der Waals surface area contributed by atoms with Crippen molar-refractivity contribution in [1.29, 1.82) is 0 Å². The van der Waals surface area contributed by atoms with E-state index in [4.69, 9.17) is 11.6 Å². The maximum Gasteiger partial charge on any atom is 0.271 e. The third kappa shape index (κ3) is 5.44. The van der Waals surface area contributed by atoms with Crippen molar-refractivity contribution in [2.75, 3.05) is 11.9 Å². The molecule has 1 heterocycles. The van der Waals surface area contributed by atoms with Gasteiger partial charge in [0.1, 0.15) is 5.82 Å². The molecule has 0 aliphatic carbocycles. The van der Waals surface area contributed by atoms with E-state index in [0.29, 0.717) is 23.8 Å². The summed E-state index contributed by atoms with van der Waals surface area (Å²) in [5.41, 5.74) is 2.26. The van der Waals surface area contributed by atoms with Crippen molar-refractivity contribution in [3.8, 4) is 0 Å². The molecular formula is C21H21ClN4O2. The standard InChI is InChI=1S/C21H21ClN4O2/c1-26-19(24-20(27)13-16-5-3-2-4-6-16)14-18(25-26)21(28)23-12-11-15-7-9-17(22)10-8-15/h2-10,14H,11-13H2,1H3,(H,23,28)(H,24,27). The minimum Gasteiger partial charge on any atom is -0.350 e. The minimum absolute atomic E-state index is 0.163. The maximum absolute atomic E-state index is 12.3. The van der Waals surface area contributed by atoms with Gasteiger partial charge in [-0.05, 0) is 29.7 Å². The number of nitrogens with zero attached hydrogens (tertiary/aromatic N) is 2. The van der Waals surface area contributed by atoms with Crippen LogP contribution in [-0.4, -0.2) is 28.1 Å². The maximum atomic E-state index is 12.3. The fraction of sp³-hybridized carbons (Fsp3) is 0.190. The average molecular weight is 397 g/mol. The lowest BCUT2D eigenvalue weighted by atomic mass is 10.1. The summed E-state index contributed by atoms with van der Waals surface area (Å²) in [7, 11) is 1.68. The van der Waals surface area contributed by atoms with E-state index in [2.05, 4.69) is 15.7 Å². The average Bonchev–Trinajstić information content (AvgIpc) is 3.04. The van der Waals surface area contributed by atoms with E-state index in [1.807, 2.05) is 54.6 Å². The summed E-state index contributed by atoms with van der Waals surface area (Å²) in [6, 6.07) is 18.5. The SMILES string of the molecule is Cn1nc(C(=O)NCCc2ccc(Cl)cc2)cc1NC(=O)Cc1ccccc1. The molecule has 0 fully saturated rings. The first-order valence-electron chi connectivity index (χ1n) is 8.92. The molecule has 1 aromatic heterocycles. The van der Waals surface area contributed by atoms with Crippen LogP contribution >= 0.6 is 11.6 Å². The van der Waals surface area contributed by atoms with E-state index in [-0.39, 0.29) is 23.9 Å². The Labute approximate surface area is 168 Å². The predicted octanol–water partition coefficient (Wildman–Crippen LogP) is 3.23. The van der Waals surface area contributed by atoms with E-state index in [9.17, 15) is 9.59 Å². The highest BCUT2D eigenvalue weighted by atomic mass is 35.5. The Morgan fingerprint density at radius 1 is 1.04 bits per heavy atom. The highest BCUT2D eigenvalue weighted by Crippen LogP contribution is 2.11. The lowest BCUT2D eigenvalue weighted by molar-refractivity contribution is -0.115. The van der Waals surface area contributed by atoms with Gasteiger partial charge in [0, 0.05) is 24.7 Å². The Morgan fingerprint density at radius 2 is 1.75 bits per heavy atom. The van der Waals surface area contributed by atoms with E-state index < -0.39 is 0 Å². The predicted molar refractivity (Wildman–Crippen MR) is 109 cm³/mol. The van der Waals surface area contributed by atoms with E-state index >= 15 is 0 Å². The molecule has 6 nitrogen and oxygen atoms in total. The van der Waals surface area contributed by atoms with Gasteiger partial charge < -0.3 is 10.6 Å². The van der Waals surface area contributed by atoms with Gasteiger partial charge in [-0.2, -0.15) is 5.10 Å². The van der Waals surface area contributed by atoms with Crippen LogP contribution in [-0.2, 0) is 24.7 Å². The lowest BCUT2D eigenvalue weighted by Gasteiger charge is -2.04. The summed E-state index contributed by atoms with van der Waals surface area (Å²) in [4.78, 5) is 24.5. The Kier molecular flexibility index (Phi) is 6.45. The normalized spacial score (nSPS) is 10.5. The number of hydrogen-bond donors (Lipinski definition) is 2. The molecule has 0 bridgehead atoms. The van der Waals surface area contributed by atoms with Crippen LogP contribution in [0.3, 0.4) is 0 Å². The van der Waals surface area contributed by atoms with Crippen molar-refractivity contribution < 1.29 is 9.59 Å². The zero-order valence-electron chi connectivity index (χ0n) is 15.5. The highest BCUT2D eigenvalue weighted by molar-refractivity contribution is 6.30. The molecule has 144 valence electrons. The smallest absolute Gasteiger partial charge is 0.271 e. The van der Waals surface area contributed by atoms with Gasteiger partial charge >= 0.3 is 0 Å². The molecule has 3 rings (SSSR count). The van der Waals surface area contributed by atoms with Gasteiger partial charge in [0.05, 0.1) is 6.42 Å². The van der Waals surface area contributed by atoms with Crippen LogP contribution in [0.4, 0.5) is 5.82 Å². The summed E-state index contributed by atoms with van der Waals surface area (Å²) >= 11 is 5.86. The van der Waals surface area contributed by atoms with Crippen LogP contribution in [0.1, 0.15) is 21.6 Å². The molecule has 0 saturated carbocycles. The first-order valence-corrected chi connectivity index (χ1v) is 9.29. The fourth-order valence-electron chi connectivity index (χ4n) is 2.73. The Hall–Kier alpha value is -3.12. The molecule has 3 aromatic rings. The molecule has 0 spiro atoms. The molecule has 0 atom stereocenters. The number of carbonyl (C=O) groups excluding carboxylic acids is 2. The number of nitrogens with one attached hydrogen (secondary N) is 2. The summed E-state index contributed by atoms with van der Waals surface area (Å²) in [6.45, 7) is 0.479. The van der Waals surface area contributed by atoms with Gasteiger partial charge in [0.2, 0.25) is 5.91 Å². The van der Waals surface area contributed by atoms with E-state index in [1.165, 1.54) is 4.68 Å². The van der Waals surface area contributed by atoms with Crippen LogP contribution in [0.25, 0.3) is 0 Å². The molecular weight excluding hydrogens is 376 g/mol. The van der Waals surface area contributed by atoms with Gasteiger partial charge in [-0.15, -0.1) is 0 Å². The number of aromatic nitrogens is 2. The van der Waals surface area contributed by atoms with Gasteiger partial charge in [-0.25, -0.2) is 0 Å². The van der Waals surface area contributed by atoms with Crippen molar-refractivity contribution in [3.63, 3.8) is 0 Å². The number of aryl methyl sites for hydroxylation is 1. The minimum atomic E-state index is -0.284. The second kappa shape index (κ2) is 9.19. The fourth-order valence-corrected chi connectivity index (χ4v) is 2.85. The summed E-state index contributed by atoms with van der Waals surface area (Å²) in [6.07, 6.45) is 0.949. The second-order valence-electron chi connectivity index (χ2n) is 6.38. The number of halogens is 1. The first-order chi connectivity index (χ1) is 13.5. The molecule has 0 unspecified atom stereocenters. The van der Waals surface area contributed by atoms with Crippen molar-refractivity contribution >= 4 is 29.2 Å². The quantitative estimate of drug-likeness (QED) is 0.643. The molecule has 2 aromatic carbocycles. The van der Waals surface area contributed by atoms with Crippen LogP contribution in [0.5, 0.6) is 0 Å². The van der Waals surface area contributed by atoms with Crippen LogP contribution in [0, 0.1) is 0 Å². The number of rotatable bonds is 7. The zero-order valence-corrected chi connectivity index (χ0v) is 16.2. The number of amides is 2. The third-order valence-electron chi connectivity index (χ3n) is 4.20. The van der Waals surface area contributed by atoms with Gasteiger partial charge in [0.15, 0.2) is 5.69 Å². The van der Waals surface area contributed by atoms with Crippen LogP contribution < -0.4 is 10.6 Å². The molecule has 0 aliphatic heterocycles. The number of carbonyl (C=O) groups is 2. The second-order valence-corrected chi connectivity index (χ2v) is 6.82. The Bertz CT molecular complexity index is 952. The number of hydrogen-bond acceptors (Lipinski definition) is 3. The zero-order chi connectivity index (χ0) is 19.9. The third-order valence-corrected chi connectivity index (χ3v) is 4.45.